The Kier molecular flexibility index (Phi) is 3.88. The third-order valence-corrected chi connectivity index (χ3v) is 4.14. The summed E-state index contributed by atoms with van der Waals surface area (Å²) >= 11 is 0. The first kappa shape index (κ1) is 14.6. The fraction of sp³-hybridized carbons (Fsp3) is 0.412. The van der Waals surface area contributed by atoms with Gasteiger partial charge in [-0.3, -0.25) is 9.48 Å². The van der Waals surface area contributed by atoms with Gasteiger partial charge in [0, 0.05) is 22.9 Å². The van der Waals surface area contributed by atoms with Crippen LogP contribution in [0.15, 0.2) is 24.3 Å². The molecule has 0 aliphatic heterocycles. The lowest BCUT2D eigenvalue weighted by molar-refractivity contribution is -0.136. The van der Waals surface area contributed by atoms with E-state index < -0.39 is 5.97 Å². The van der Waals surface area contributed by atoms with Gasteiger partial charge in [-0.05, 0) is 37.0 Å². The van der Waals surface area contributed by atoms with Gasteiger partial charge < -0.3 is 10.8 Å². The van der Waals surface area contributed by atoms with Crippen molar-refractivity contribution in [1.29, 1.82) is 0 Å². The molecule has 1 aliphatic carbocycles. The first-order valence-corrected chi connectivity index (χ1v) is 7.73. The van der Waals surface area contributed by atoms with Gasteiger partial charge in [0.15, 0.2) is 0 Å². The van der Waals surface area contributed by atoms with Crippen LogP contribution in [0.1, 0.15) is 48.2 Å². The number of nitrogens with zero attached hydrogens (tertiary/aromatic N) is 2. The number of carboxylic acid groups (broad SMARTS) is 1. The summed E-state index contributed by atoms with van der Waals surface area (Å²) in [5.41, 5.74) is 10.5. The highest BCUT2D eigenvalue weighted by Gasteiger charge is 2.31. The van der Waals surface area contributed by atoms with Crippen LogP contribution in [0.25, 0.3) is 0 Å². The maximum atomic E-state index is 11.2. The quantitative estimate of drug-likeness (QED) is 0.803. The molecule has 1 aromatic heterocycles. The molecule has 0 bridgehead atoms. The second kappa shape index (κ2) is 5.83. The van der Waals surface area contributed by atoms with E-state index in [1.54, 1.807) is 0 Å². The first-order valence-electron chi connectivity index (χ1n) is 7.73. The third-order valence-electron chi connectivity index (χ3n) is 4.14. The Morgan fingerprint density at radius 2 is 2.05 bits per heavy atom. The van der Waals surface area contributed by atoms with Gasteiger partial charge in [0.25, 0.3) is 0 Å². The van der Waals surface area contributed by atoms with E-state index in [2.05, 4.69) is 6.92 Å². The number of nitrogens with two attached hydrogens (primary N) is 1. The zero-order valence-electron chi connectivity index (χ0n) is 12.7. The maximum absolute atomic E-state index is 11.2. The van der Waals surface area contributed by atoms with Gasteiger partial charge in [0.2, 0.25) is 0 Å². The Balaban J connectivity index is 1.95. The lowest BCUT2D eigenvalue weighted by atomic mass is 10.0. The fourth-order valence-electron chi connectivity index (χ4n) is 2.91. The van der Waals surface area contributed by atoms with Crippen molar-refractivity contribution in [2.24, 2.45) is 0 Å². The fourth-order valence-corrected chi connectivity index (χ4v) is 2.91. The molecule has 1 heterocycles. The number of carbonyl (C=O) groups is 1. The van der Waals surface area contributed by atoms with E-state index in [0.29, 0.717) is 12.5 Å². The van der Waals surface area contributed by atoms with E-state index in [1.807, 2.05) is 28.9 Å². The van der Waals surface area contributed by atoms with E-state index in [4.69, 9.17) is 10.8 Å². The van der Waals surface area contributed by atoms with Crippen molar-refractivity contribution in [1.82, 2.24) is 9.78 Å². The number of carboxylic acids is 1. The molecule has 116 valence electrons. The molecule has 0 unspecified atom stereocenters. The second-order valence-electron chi connectivity index (χ2n) is 5.91. The Bertz CT molecular complexity index is 685. The minimum atomic E-state index is -0.788. The summed E-state index contributed by atoms with van der Waals surface area (Å²) in [6.07, 6.45) is 3.09. The number of benzene rings is 1. The third kappa shape index (κ3) is 2.98. The summed E-state index contributed by atoms with van der Waals surface area (Å²) in [4.78, 5) is 11.2. The van der Waals surface area contributed by atoms with Crippen LogP contribution >= 0.6 is 0 Å². The lowest BCUT2D eigenvalue weighted by Crippen LogP contribution is -2.08. The van der Waals surface area contributed by atoms with Crippen LogP contribution in [0.4, 0.5) is 5.69 Å². The van der Waals surface area contributed by atoms with E-state index in [9.17, 15) is 9.90 Å². The van der Waals surface area contributed by atoms with Gasteiger partial charge in [-0.1, -0.05) is 19.1 Å². The van der Waals surface area contributed by atoms with Crippen LogP contribution in [0.2, 0.25) is 0 Å². The molecule has 2 aromatic rings. The van der Waals surface area contributed by atoms with Crippen molar-refractivity contribution < 1.29 is 9.90 Å². The molecule has 0 spiro atoms. The van der Waals surface area contributed by atoms with Crippen molar-refractivity contribution in [3.8, 4) is 0 Å². The first-order chi connectivity index (χ1) is 10.6. The number of hydrogen-bond acceptors (Lipinski definition) is 3. The number of aliphatic carboxylic acids is 1. The maximum Gasteiger partial charge on any atom is 0.307 e. The van der Waals surface area contributed by atoms with Gasteiger partial charge >= 0.3 is 5.97 Å². The largest absolute Gasteiger partial charge is 0.481 e. The summed E-state index contributed by atoms with van der Waals surface area (Å²) in [5.74, 6) is -0.337. The van der Waals surface area contributed by atoms with Crippen LogP contribution in [-0.2, 0) is 24.2 Å². The van der Waals surface area contributed by atoms with Crippen LogP contribution in [0.5, 0.6) is 0 Å². The van der Waals surface area contributed by atoms with Gasteiger partial charge in [0.1, 0.15) is 0 Å². The van der Waals surface area contributed by atoms with Crippen molar-refractivity contribution in [3.63, 3.8) is 0 Å². The van der Waals surface area contributed by atoms with E-state index >= 15 is 0 Å². The van der Waals surface area contributed by atoms with Crippen molar-refractivity contribution >= 4 is 11.7 Å². The average molecular weight is 299 g/mol. The highest BCUT2D eigenvalue weighted by atomic mass is 16.4. The Morgan fingerprint density at radius 1 is 1.36 bits per heavy atom. The SMILES string of the molecule is CCc1c(CC(=O)O)c(C2CC2)nn1Cc1ccc(N)cc1. The van der Waals surface area contributed by atoms with Crippen LogP contribution < -0.4 is 5.73 Å². The number of nitrogen functional groups attached to an aromatic ring is 1. The summed E-state index contributed by atoms with van der Waals surface area (Å²) in [6, 6.07) is 7.74. The van der Waals surface area contributed by atoms with Crippen LogP contribution in [-0.4, -0.2) is 20.9 Å². The highest BCUT2D eigenvalue weighted by molar-refractivity contribution is 5.71. The molecule has 3 rings (SSSR count). The van der Waals surface area contributed by atoms with E-state index in [-0.39, 0.29) is 6.42 Å². The van der Waals surface area contributed by atoms with E-state index in [1.165, 1.54) is 0 Å². The Labute approximate surface area is 129 Å². The molecule has 22 heavy (non-hydrogen) atoms. The topological polar surface area (TPSA) is 81.1 Å². The zero-order chi connectivity index (χ0) is 15.7. The lowest BCUT2D eigenvalue weighted by Gasteiger charge is -2.08. The molecule has 0 atom stereocenters. The average Bonchev–Trinajstić information content (AvgIpc) is 3.26. The monoisotopic (exact) mass is 299 g/mol. The minimum Gasteiger partial charge on any atom is -0.481 e. The van der Waals surface area contributed by atoms with Crippen molar-refractivity contribution in [2.45, 2.75) is 45.1 Å². The molecule has 1 fully saturated rings. The van der Waals surface area contributed by atoms with Gasteiger partial charge in [0.05, 0.1) is 18.7 Å². The normalized spacial score (nSPS) is 14.2. The van der Waals surface area contributed by atoms with Crippen LogP contribution in [0.3, 0.4) is 0 Å². The zero-order valence-corrected chi connectivity index (χ0v) is 12.7. The molecule has 1 aliphatic rings. The highest BCUT2D eigenvalue weighted by Crippen LogP contribution is 2.42. The smallest absolute Gasteiger partial charge is 0.307 e. The molecule has 0 radical (unpaired) electrons. The molecule has 0 amide bonds. The Morgan fingerprint density at radius 3 is 2.59 bits per heavy atom. The van der Waals surface area contributed by atoms with Crippen molar-refractivity contribution in [3.05, 3.63) is 46.8 Å². The molecule has 1 aromatic carbocycles. The summed E-state index contributed by atoms with van der Waals surface area (Å²) < 4.78 is 1.97. The molecule has 5 heteroatoms. The Hall–Kier alpha value is -2.30. The molecular formula is C17H21N3O2. The van der Waals surface area contributed by atoms with Gasteiger partial charge in [-0.15, -0.1) is 0 Å². The molecule has 1 saturated carbocycles. The van der Waals surface area contributed by atoms with E-state index in [0.717, 1.165) is 47.5 Å². The number of aromatic nitrogens is 2. The number of anilines is 1. The van der Waals surface area contributed by atoms with Gasteiger partial charge in [-0.25, -0.2) is 0 Å². The number of hydrogen-bond donors (Lipinski definition) is 2. The van der Waals surface area contributed by atoms with Gasteiger partial charge in [-0.2, -0.15) is 5.10 Å². The summed E-state index contributed by atoms with van der Waals surface area (Å²) in [6.45, 7) is 2.71. The summed E-state index contributed by atoms with van der Waals surface area (Å²) in [5, 5.41) is 13.9. The molecule has 5 nitrogen and oxygen atoms in total. The second-order valence-corrected chi connectivity index (χ2v) is 5.91. The predicted molar refractivity (Wildman–Crippen MR) is 84.9 cm³/mol. The number of rotatable bonds is 6. The van der Waals surface area contributed by atoms with Crippen molar-refractivity contribution in [2.75, 3.05) is 5.73 Å². The molecular weight excluding hydrogens is 278 g/mol. The minimum absolute atomic E-state index is 0.0662. The summed E-state index contributed by atoms with van der Waals surface area (Å²) in [7, 11) is 0. The molecule has 3 N–H and O–H groups in total. The predicted octanol–water partition coefficient (Wildman–Crippen LogP) is 2.58. The standard InChI is InChI=1S/C17H21N3O2/c1-2-15-14(9-16(21)22)17(12-5-6-12)19-20(15)10-11-3-7-13(18)8-4-11/h3-4,7-8,12H,2,5-6,9-10,18H2,1H3,(H,21,22). The molecule has 0 saturated heterocycles. The van der Waals surface area contributed by atoms with Crippen LogP contribution in [0, 0.1) is 0 Å².